The Morgan fingerprint density at radius 2 is 2.07 bits per heavy atom. The van der Waals surface area contributed by atoms with Crippen LogP contribution in [0.2, 0.25) is 0 Å². The van der Waals surface area contributed by atoms with Crippen molar-refractivity contribution in [3.05, 3.63) is 30.4 Å². The van der Waals surface area contributed by atoms with E-state index in [1.54, 1.807) is 12.4 Å². The van der Waals surface area contributed by atoms with Crippen molar-refractivity contribution in [1.82, 2.24) is 20.5 Å². The van der Waals surface area contributed by atoms with Gasteiger partial charge in [-0.05, 0) is 18.7 Å². The van der Waals surface area contributed by atoms with Crippen molar-refractivity contribution in [2.75, 3.05) is 6.54 Å². The minimum atomic E-state index is 0.533. The third kappa shape index (κ3) is 2.38. The molecule has 1 N–H and O–H groups in total. The summed E-state index contributed by atoms with van der Waals surface area (Å²) in [5.41, 5.74) is 0.889. The Hall–Kier alpha value is -1.75. The van der Waals surface area contributed by atoms with Gasteiger partial charge in [-0.2, -0.15) is 0 Å². The van der Waals surface area contributed by atoms with E-state index in [0.29, 0.717) is 18.3 Å². The molecular weight excluding hydrogens is 192 g/mol. The van der Waals surface area contributed by atoms with Gasteiger partial charge in [0.15, 0.2) is 0 Å². The molecule has 0 spiro atoms. The topological polar surface area (TPSA) is 63.8 Å². The maximum atomic E-state index is 5.46. The number of nitrogens with zero attached hydrogens (tertiary/aromatic N) is 3. The van der Waals surface area contributed by atoms with E-state index in [9.17, 15) is 0 Å². The van der Waals surface area contributed by atoms with E-state index in [0.717, 1.165) is 12.1 Å². The molecule has 0 atom stereocenters. The van der Waals surface area contributed by atoms with Crippen LogP contribution in [0, 0.1) is 0 Å². The zero-order chi connectivity index (χ0) is 10.5. The molecule has 78 valence electrons. The van der Waals surface area contributed by atoms with E-state index < -0.39 is 0 Å². The van der Waals surface area contributed by atoms with Crippen LogP contribution in [0.4, 0.5) is 0 Å². The summed E-state index contributed by atoms with van der Waals surface area (Å²) in [5, 5.41) is 11.0. The highest BCUT2D eigenvalue weighted by molar-refractivity contribution is 5.50. The molecule has 5 nitrogen and oxygen atoms in total. The average molecular weight is 204 g/mol. The maximum Gasteiger partial charge on any atom is 0.247 e. The van der Waals surface area contributed by atoms with Crippen LogP contribution in [0.25, 0.3) is 11.5 Å². The van der Waals surface area contributed by atoms with Crippen molar-refractivity contribution in [1.29, 1.82) is 0 Å². The summed E-state index contributed by atoms with van der Waals surface area (Å²) in [6, 6.07) is 3.68. The van der Waals surface area contributed by atoms with Crippen LogP contribution in [0.15, 0.2) is 28.9 Å². The van der Waals surface area contributed by atoms with Gasteiger partial charge in [0, 0.05) is 18.0 Å². The third-order valence-electron chi connectivity index (χ3n) is 1.92. The summed E-state index contributed by atoms with van der Waals surface area (Å²) in [5.74, 6) is 1.13. The number of nitrogens with one attached hydrogen (secondary N) is 1. The predicted octanol–water partition coefficient (Wildman–Crippen LogP) is 1.24. The van der Waals surface area contributed by atoms with Gasteiger partial charge in [0.25, 0.3) is 0 Å². The van der Waals surface area contributed by atoms with Gasteiger partial charge in [0.05, 0.1) is 6.54 Å². The Morgan fingerprint density at radius 1 is 1.27 bits per heavy atom. The van der Waals surface area contributed by atoms with Crippen molar-refractivity contribution in [3.8, 4) is 11.5 Å². The van der Waals surface area contributed by atoms with E-state index in [1.807, 2.05) is 19.1 Å². The first-order chi connectivity index (χ1) is 7.40. The Bertz CT molecular complexity index is 412. The molecule has 0 bridgehead atoms. The molecule has 5 heteroatoms. The quantitative estimate of drug-likeness (QED) is 0.811. The van der Waals surface area contributed by atoms with E-state index in [-0.39, 0.29) is 0 Å². The number of pyridine rings is 1. The molecule has 0 aliphatic rings. The first-order valence-electron chi connectivity index (χ1n) is 4.83. The van der Waals surface area contributed by atoms with Crippen molar-refractivity contribution < 1.29 is 4.42 Å². The van der Waals surface area contributed by atoms with Crippen LogP contribution < -0.4 is 5.32 Å². The first kappa shape index (κ1) is 9.79. The smallest absolute Gasteiger partial charge is 0.247 e. The molecule has 15 heavy (non-hydrogen) atoms. The molecule has 0 aliphatic heterocycles. The molecular formula is C10H12N4O. The highest BCUT2D eigenvalue weighted by Crippen LogP contribution is 2.15. The number of hydrogen-bond donors (Lipinski definition) is 1. The molecule has 0 aromatic carbocycles. The van der Waals surface area contributed by atoms with Gasteiger partial charge in [0.1, 0.15) is 0 Å². The molecule has 2 heterocycles. The largest absolute Gasteiger partial charge is 0.419 e. The molecule has 0 fully saturated rings. The Kier molecular flexibility index (Phi) is 3.04. The van der Waals surface area contributed by atoms with Crippen molar-refractivity contribution in [2.45, 2.75) is 13.5 Å². The molecule has 0 unspecified atom stereocenters. The Labute approximate surface area is 87.6 Å². The molecule has 0 radical (unpaired) electrons. The van der Waals surface area contributed by atoms with Gasteiger partial charge in [0.2, 0.25) is 11.8 Å². The molecule has 2 aromatic rings. The highest BCUT2D eigenvalue weighted by Gasteiger charge is 2.06. The van der Waals surface area contributed by atoms with E-state index in [2.05, 4.69) is 20.5 Å². The molecule has 0 saturated heterocycles. The van der Waals surface area contributed by atoms with Gasteiger partial charge < -0.3 is 9.73 Å². The number of hydrogen-bond acceptors (Lipinski definition) is 5. The SMILES string of the molecule is CCNCc1nnc(-c2ccncc2)o1. The second kappa shape index (κ2) is 4.65. The van der Waals surface area contributed by atoms with Gasteiger partial charge in [-0.1, -0.05) is 6.92 Å². The highest BCUT2D eigenvalue weighted by atomic mass is 16.4. The van der Waals surface area contributed by atoms with Crippen LogP contribution in [0.1, 0.15) is 12.8 Å². The zero-order valence-electron chi connectivity index (χ0n) is 8.47. The predicted molar refractivity (Wildman–Crippen MR) is 54.9 cm³/mol. The second-order valence-corrected chi connectivity index (χ2v) is 3.02. The van der Waals surface area contributed by atoms with E-state index in [1.165, 1.54) is 0 Å². The summed E-state index contributed by atoms with van der Waals surface area (Å²) in [6.45, 7) is 3.52. The molecule has 2 rings (SSSR count). The zero-order valence-corrected chi connectivity index (χ0v) is 8.47. The van der Waals surface area contributed by atoms with Crippen LogP contribution in [0.3, 0.4) is 0 Å². The van der Waals surface area contributed by atoms with Crippen LogP contribution in [-0.2, 0) is 6.54 Å². The van der Waals surface area contributed by atoms with Crippen molar-refractivity contribution in [2.24, 2.45) is 0 Å². The summed E-state index contributed by atoms with van der Waals surface area (Å²) < 4.78 is 5.46. The lowest BCUT2D eigenvalue weighted by Gasteiger charge is -1.94. The minimum Gasteiger partial charge on any atom is -0.419 e. The fourth-order valence-corrected chi connectivity index (χ4v) is 1.17. The average Bonchev–Trinajstić information content (AvgIpc) is 2.76. The third-order valence-corrected chi connectivity index (χ3v) is 1.92. The van der Waals surface area contributed by atoms with E-state index >= 15 is 0 Å². The second-order valence-electron chi connectivity index (χ2n) is 3.02. The lowest BCUT2D eigenvalue weighted by molar-refractivity contribution is 0.482. The van der Waals surface area contributed by atoms with Gasteiger partial charge in [-0.3, -0.25) is 4.98 Å². The Balaban J connectivity index is 2.14. The van der Waals surface area contributed by atoms with Gasteiger partial charge in [-0.15, -0.1) is 10.2 Å². The minimum absolute atomic E-state index is 0.533. The lowest BCUT2D eigenvalue weighted by Crippen LogP contribution is -2.11. The summed E-state index contributed by atoms with van der Waals surface area (Å²) >= 11 is 0. The standard InChI is InChI=1S/C10H12N4O/c1-2-11-7-9-13-14-10(15-9)8-3-5-12-6-4-8/h3-6,11H,2,7H2,1H3. The number of aromatic nitrogens is 3. The Morgan fingerprint density at radius 3 is 2.80 bits per heavy atom. The summed E-state index contributed by atoms with van der Waals surface area (Å²) in [4.78, 5) is 3.93. The van der Waals surface area contributed by atoms with E-state index in [4.69, 9.17) is 4.42 Å². The molecule has 0 aliphatic carbocycles. The van der Waals surface area contributed by atoms with Gasteiger partial charge >= 0.3 is 0 Å². The van der Waals surface area contributed by atoms with Gasteiger partial charge in [-0.25, -0.2) is 0 Å². The number of rotatable bonds is 4. The van der Waals surface area contributed by atoms with Crippen molar-refractivity contribution >= 4 is 0 Å². The van der Waals surface area contributed by atoms with Crippen LogP contribution >= 0.6 is 0 Å². The fraction of sp³-hybridized carbons (Fsp3) is 0.300. The normalized spacial score (nSPS) is 10.5. The summed E-state index contributed by atoms with van der Waals surface area (Å²) in [6.07, 6.45) is 3.40. The maximum absolute atomic E-state index is 5.46. The fourth-order valence-electron chi connectivity index (χ4n) is 1.17. The molecule has 2 aromatic heterocycles. The lowest BCUT2D eigenvalue weighted by atomic mass is 10.3. The summed E-state index contributed by atoms with van der Waals surface area (Å²) in [7, 11) is 0. The monoisotopic (exact) mass is 204 g/mol. The van der Waals surface area contributed by atoms with Crippen LogP contribution in [0.5, 0.6) is 0 Å². The molecule has 0 amide bonds. The van der Waals surface area contributed by atoms with Crippen molar-refractivity contribution in [3.63, 3.8) is 0 Å². The van der Waals surface area contributed by atoms with Crippen LogP contribution in [-0.4, -0.2) is 21.7 Å². The first-order valence-corrected chi connectivity index (χ1v) is 4.83. The molecule has 0 saturated carbocycles.